The summed E-state index contributed by atoms with van der Waals surface area (Å²) in [6.07, 6.45) is 5.09. The summed E-state index contributed by atoms with van der Waals surface area (Å²) in [6.45, 7) is 5.55. The summed E-state index contributed by atoms with van der Waals surface area (Å²) in [5.41, 5.74) is 1.38. The van der Waals surface area contributed by atoms with Gasteiger partial charge in [-0.1, -0.05) is 0 Å². The number of imidazole rings is 1. The minimum Gasteiger partial charge on any atom is -0.335 e. The smallest absolute Gasteiger partial charge is 0.0948 e. The van der Waals surface area contributed by atoms with Crippen molar-refractivity contribution in [3.05, 3.63) is 18.2 Å². The molecule has 0 atom stereocenters. The van der Waals surface area contributed by atoms with Crippen LogP contribution in [0.25, 0.3) is 0 Å². The first-order valence-corrected chi connectivity index (χ1v) is 4.60. The lowest BCUT2D eigenvalue weighted by molar-refractivity contribution is 0.340. The maximum Gasteiger partial charge on any atom is 0.0948 e. The van der Waals surface area contributed by atoms with Gasteiger partial charge in [0, 0.05) is 18.4 Å². The number of aryl methyl sites for hydroxylation is 1. The van der Waals surface area contributed by atoms with Crippen LogP contribution in [-0.2, 0) is 13.0 Å². The summed E-state index contributed by atoms with van der Waals surface area (Å²) in [5, 5.41) is 3.28. The maximum atomic E-state index is 4.15. The van der Waals surface area contributed by atoms with E-state index >= 15 is 0 Å². The van der Waals surface area contributed by atoms with Gasteiger partial charge in [-0.3, -0.25) is 0 Å². The monoisotopic (exact) mass is 165 g/mol. The lowest BCUT2D eigenvalue weighted by Gasteiger charge is -2.27. The van der Waals surface area contributed by atoms with E-state index in [0.717, 1.165) is 12.5 Å². The van der Waals surface area contributed by atoms with Crippen LogP contribution in [0, 0.1) is 5.92 Å². The van der Waals surface area contributed by atoms with Crippen LogP contribution >= 0.6 is 0 Å². The first kappa shape index (κ1) is 7.80. The fourth-order valence-electron chi connectivity index (χ4n) is 1.59. The molecular formula is C9H15N3. The standard InChI is InChI=1S/C9H15N3/c1-2-12-7-11-6-9(12)3-8-4-10-5-8/h6-8,10H,2-5H2,1H3. The van der Waals surface area contributed by atoms with Gasteiger partial charge in [0.2, 0.25) is 0 Å². The number of nitrogens with one attached hydrogen (secondary N) is 1. The van der Waals surface area contributed by atoms with Crippen LogP contribution in [0.2, 0.25) is 0 Å². The Morgan fingerprint density at radius 1 is 1.67 bits per heavy atom. The molecule has 0 unspecified atom stereocenters. The van der Waals surface area contributed by atoms with Crippen molar-refractivity contribution >= 4 is 0 Å². The molecule has 1 aliphatic heterocycles. The number of nitrogens with zero attached hydrogens (tertiary/aromatic N) is 2. The summed E-state index contributed by atoms with van der Waals surface area (Å²) in [6, 6.07) is 0. The van der Waals surface area contributed by atoms with Crippen molar-refractivity contribution in [2.24, 2.45) is 5.92 Å². The zero-order chi connectivity index (χ0) is 8.39. The van der Waals surface area contributed by atoms with Gasteiger partial charge in [-0.15, -0.1) is 0 Å². The van der Waals surface area contributed by atoms with E-state index in [4.69, 9.17) is 0 Å². The van der Waals surface area contributed by atoms with Crippen molar-refractivity contribution < 1.29 is 0 Å². The van der Waals surface area contributed by atoms with Gasteiger partial charge < -0.3 is 9.88 Å². The number of hydrogen-bond donors (Lipinski definition) is 1. The molecular weight excluding hydrogens is 150 g/mol. The molecule has 2 rings (SSSR count). The highest BCUT2D eigenvalue weighted by molar-refractivity contribution is 5.01. The van der Waals surface area contributed by atoms with E-state index in [9.17, 15) is 0 Å². The largest absolute Gasteiger partial charge is 0.335 e. The Labute approximate surface area is 72.8 Å². The second-order valence-corrected chi connectivity index (χ2v) is 3.40. The van der Waals surface area contributed by atoms with E-state index in [1.54, 1.807) is 0 Å². The first-order chi connectivity index (χ1) is 5.90. The number of hydrogen-bond acceptors (Lipinski definition) is 2. The van der Waals surface area contributed by atoms with E-state index in [1.807, 2.05) is 12.5 Å². The zero-order valence-corrected chi connectivity index (χ0v) is 7.45. The Bertz CT molecular complexity index is 250. The van der Waals surface area contributed by atoms with E-state index in [-0.39, 0.29) is 0 Å². The van der Waals surface area contributed by atoms with Gasteiger partial charge in [0.1, 0.15) is 0 Å². The molecule has 0 amide bonds. The molecule has 1 saturated heterocycles. The molecule has 1 fully saturated rings. The van der Waals surface area contributed by atoms with Crippen molar-refractivity contribution in [3.63, 3.8) is 0 Å². The Balaban J connectivity index is 2.00. The first-order valence-electron chi connectivity index (χ1n) is 4.60. The second kappa shape index (κ2) is 3.27. The molecule has 3 nitrogen and oxygen atoms in total. The fraction of sp³-hybridized carbons (Fsp3) is 0.667. The maximum absolute atomic E-state index is 4.15. The predicted octanol–water partition coefficient (Wildman–Crippen LogP) is 0.665. The lowest BCUT2D eigenvalue weighted by atomic mass is 9.98. The Morgan fingerprint density at radius 3 is 3.08 bits per heavy atom. The van der Waals surface area contributed by atoms with Crippen molar-refractivity contribution in [1.29, 1.82) is 0 Å². The molecule has 1 aliphatic rings. The Kier molecular flexibility index (Phi) is 2.13. The molecule has 0 bridgehead atoms. The van der Waals surface area contributed by atoms with E-state index < -0.39 is 0 Å². The Hall–Kier alpha value is -0.830. The normalized spacial score (nSPS) is 17.8. The third-order valence-corrected chi connectivity index (χ3v) is 2.50. The van der Waals surface area contributed by atoms with E-state index in [0.29, 0.717) is 0 Å². The summed E-state index contributed by atoms with van der Waals surface area (Å²) >= 11 is 0. The number of rotatable bonds is 3. The van der Waals surface area contributed by atoms with Gasteiger partial charge >= 0.3 is 0 Å². The number of aromatic nitrogens is 2. The molecule has 0 saturated carbocycles. The van der Waals surface area contributed by atoms with Gasteiger partial charge in [0.15, 0.2) is 0 Å². The van der Waals surface area contributed by atoms with E-state index in [1.165, 1.54) is 25.2 Å². The predicted molar refractivity (Wildman–Crippen MR) is 48.0 cm³/mol. The lowest BCUT2D eigenvalue weighted by Crippen LogP contribution is -2.43. The summed E-state index contributed by atoms with van der Waals surface area (Å²) < 4.78 is 2.22. The summed E-state index contributed by atoms with van der Waals surface area (Å²) in [7, 11) is 0. The fourth-order valence-corrected chi connectivity index (χ4v) is 1.59. The van der Waals surface area contributed by atoms with Crippen LogP contribution in [-0.4, -0.2) is 22.6 Å². The van der Waals surface area contributed by atoms with Gasteiger partial charge in [-0.25, -0.2) is 4.98 Å². The minimum atomic E-state index is 0.840. The molecule has 0 aliphatic carbocycles. The average molecular weight is 165 g/mol. The van der Waals surface area contributed by atoms with Gasteiger partial charge in [-0.05, 0) is 32.4 Å². The molecule has 12 heavy (non-hydrogen) atoms. The van der Waals surface area contributed by atoms with Gasteiger partial charge in [0.25, 0.3) is 0 Å². The highest BCUT2D eigenvalue weighted by Crippen LogP contribution is 2.11. The third kappa shape index (κ3) is 1.37. The van der Waals surface area contributed by atoms with Crippen LogP contribution in [0.4, 0.5) is 0 Å². The molecule has 1 N–H and O–H groups in total. The molecule has 0 spiro atoms. The SMILES string of the molecule is CCn1cncc1CC1CNC1. The van der Waals surface area contributed by atoms with Crippen molar-refractivity contribution in [3.8, 4) is 0 Å². The quantitative estimate of drug-likeness (QED) is 0.713. The van der Waals surface area contributed by atoms with Crippen molar-refractivity contribution in [1.82, 2.24) is 14.9 Å². The third-order valence-electron chi connectivity index (χ3n) is 2.50. The van der Waals surface area contributed by atoms with Gasteiger partial charge in [-0.2, -0.15) is 0 Å². The van der Waals surface area contributed by atoms with Crippen LogP contribution in [0.5, 0.6) is 0 Å². The van der Waals surface area contributed by atoms with Crippen LogP contribution in [0.3, 0.4) is 0 Å². The molecule has 1 aromatic heterocycles. The van der Waals surface area contributed by atoms with Crippen LogP contribution in [0.1, 0.15) is 12.6 Å². The van der Waals surface area contributed by atoms with Gasteiger partial charge in [0.05, 0.1) is 6.33 Å². The molecule has 0 aromatic carbocycles. The molecule has 1 aromatic rings. The average Bonchev–Trinajstić information content (AvgIpc) is 2.43. The zero-order valence-electron chi connectivity index (χ0n) is 7.45. The minimum absolute atomic E-state index is 0.840. The molecule has 66 valence electrons. The van der Waals surface area contributed by atoms with Crippen LogP contribution in [0.15, 0.2) is 12.5 Å². The highest BCUT2D eigenvalue weighted by atomic mass is 15.0. The molecule has 3 heteroatoms. The second-order valence-electron chi connectivity index (χ2n) is 3.40. The van der Waals surface area contributed by atoms with Crippen LogP contribution < -0.4 is 5.32 Å². The Morgan fingerprint density at radius 2 is 2.50 bits per heavy atom. The molecule has 0 radical (unpaired) electrons. The summed E-state index contributed by atoms with van der Waals surface area (Å²) in [5.74, 6) is 0.840. The van der Waals surface area contributed by atoms with Crippen molar-refractivity contribution in [2.75, 3.05) is 13.1 Å². The highest BCUT2D eigenvalue weighted by Gasteiger charge is 2.18. The molecule has 2 heterocycles. The van der Waals surface area contributed by atoms with E-state index in [2.05, 4.69) is 21.8 Å². The summed E-state index contributed by atoms with van der Waals surface area (Å²) in [4.78, 5) is 4.15. The van der Waals surface area contributed by atoms with Crippen molar-refractivity contribution in [2.45, 2.75) is 19.9 Å². The topological polar surface area (TPSA) is 29.9 Å².